The Labute approximate surface area is 303 Å². The lowest BCUT2D eigenvalue weighted by molar-refractivity contribution is -0.0705. The highest BCUT2D eigenvalue weighted by Crippen LogP contribution is 2.51. The molecule has 0 aliphatic carbocycles. The molecule has 1 heterocycles. The van der Waals surface area contributed by atoms with Gasteiger partial charge in [-0.25, -0.2) is 0 Å². The summed E-state index contributed by atoms with van der Waals surface area (Å²) in [6.45, 7) is 8.99. The van der Waals surface area contributed by atoms with Gasteiger partial charge < -0.3 is 23.5 Å². The molecule has 0 saturated carbocycles. The molecule has 1 aliphatic rings. The van der Waals surface area contributed by atoms with E-state index in [1.807, 2.05) is 113 Å². The predicted molar refractivity (Wildman–Crippen MR) is 199 cm³/mol. The first-order valence-electron chi connectivity index (χ1n) is 16.9. The smallest absolute Gasteiger partial charge is 0.342 e. The second-order valence-electron chi connectivity index (χ2n) is 13.4. The molecule has 0 spiro atoms. The van der Waals surface area contributed by atoms with Crippen molar-refractivity contribution < 1.29 is 40.4 Å². The van der Waals surface area contributed by atoms with Gasteiger partial charge in [0.05, 0.1) is 31.8 Å². The molecule has 0 N–H and O–H groups in total. The van der Waals surface area contributed by atoms with Crippen LogP contribution in [0.3, 0.4) is 0 Å². The lowest BCUT2D eigenvalue weighted by atomic mass is 9.80. The van der Waals surface area contributed by atoms with E-state index in [2.05, 4.69) is 0 Å². The molecule has 0 bridgehead atoms. The highest BCUT2D eigenvalue weighted by Gasteiger charge is 2.44. The topological polar surface area (TPSA) is 107 Å². The molecule has 2 radical (unpaired) electrons. The molecule has 51 heavy (non-hydrogen) atoms. The number of methoxy groups -OCH3 is 2. The van der Waals surface area contributed by atoms with Crippen LogP contribution in [-0.4, -0.2) is 62.0 Å². The van der Waals surface area contributed by atoms with Crippen molar-refractivity contribution in [3.05, 3.63) is 125 Å². The van der Waals surface area contributed by atoms with Crippen LogP contribution in [0.25, 0.3) is 0 Å². The number of hydrogen-bond acceptors (Lipinski definition) is 9. The first-order valence-corrected chi connectivity index (χ1v) is 20.3. The van der Waals surface area contributed by atoms with Crippen LogP contribution in [0.1, 0.15) is 73.8 Å². The summed E-state index contributed by atoms with van der Waals surface area (Å²) in [5, 5.41) is 0. The molecule has 0 amide bonds. The summed E-state index contributed by atoms with van der Waals surface area (Å²) < 4.78 is 76.2. The highest BCUT2D eigenvalue weighted by molar-refractivity contribution is 7.91. The lowest BCUT2D eigenvalue weighted by Crippen LogP contribution is -2.38. The minimum absolute atomic E-state index is 0.0632. The van der Waals surface area contributed by atoms with Crippen molar-refractivity contribution >= 4 is 25.6 Å². The monoisotopic (exact) mass is 732 g/mol. The van der Waals surface area contributed by atoms with Gasteiger partial charge in [0.15, 0.2) is 0 Å². The van der Waals surface area contributed by atoms with Crippen LogP contribution in [0.5, 0.6) is 11.5 Å². The Kier molecular flexibility index (Phi) is 12.2. The zero-order valence-electron chi connectivity index (χ0n) is 30.1. The van der Waals surface area contributed by atoms with Crippen molar-refractivity contribution in [2.75, 3.05) is 27.5 Å². The zero-order valence-corrected chi connectivity index (χ0v) is 31.9. The highest BCUT2D eigenvalue weighted by atomic mass is 32.2. The Morgan fingerprint density at radius 1 is 0.804 bits per heavy atom. The van der Waals surface area contributed by atoms with Gasteiger partial charge in [0.25, 0.3) is 0 Å². The summed E-state index contributed by atoms with van der Waals surface area (Å²) in [5.74, 6) is 1.50. The molecule has 0 aromatic heterocycles. The van der Waals surface area contributed by atoms with Crippen LogP contribution in [0.2, 0.25) is 0 Å². The van der Waals surface area contributed by atoms with E-state index in [0.29, 0.717) is 11.5 Å². The van der Waals surface area contributed by atoms with Gasteiger partial charge in [-0.1, -0.05) is 88.4 Å². The summed E-state index contributed by atoms with van der Waals surface area (Å²) >= 11 is 0. The van der Waals surface area contributed by atoms with Crippen LogP contribution in [0, 0.1) is 0 Å². The number of rotatable bonds is 15. The van der Waals surface area contributed by atoms with Gasteiger partial charge in [0.2, 0.25) is 0 Å². The zero-order chi connectivity index (χ0) is 37.0. The predicted octanol–water partition coefficient (Wildman–Crippen LogP) is 8.16. The van der Waals surface area contributed by atoms with Gasteiger partial charge in [-0.2, -0.15) is 12.4 Å². The third-order valence-electron chi connectivity index (χ3n) is 9.00. The van der Waals surface area contributed by atoms with Crippen molar-refractivity contribution in [1.82, 2.24) is 0 Å². The van der Waals surface area contributed by atoms with Crippen molar-refractivity contribution in [2.45, 2.75) is 74.7 Å². The molecule has 1 unspecified atom stereocenters. The van der Waals surface area contributed by atoms with Gasteiger partial charge in [0.1, 0.15) is 31.1 Å². The molecule has 9 nitrogen and oxygen atoms in total. The van der Waals surface area contributed by atoms with Gasteiger partial charge in [-0.3, -0.25) is 4.57 Å². The van der Waals surface area contributed by atoms with Crippen LogP contribution < -0.4 is 9.47 Å². The molecule has 5 rings (SSSR count). The molecule has 4 aromatic rings. The average Bonchev–Trinajstić information content (AvgIpc) is 3.46. The first-order chi connectivity index (χ1) is 24.2. The Hall–Kier alpha value is -3.44. The fourth-order valence-corrected chi connectivity index (χ4v) is 9.41. The average molecular weight is 733 g/mol. The van der Waals surface area contributed by atoms with E-state index < -0.39 is 41.5 Å². The van der Waals surface area contributed by atoms with E-state index in [9.17, 15) is 13.0 Å². The standard InChI is InChI=1S/C39H46BO9PS/c1-26(2)28-21-29(27(3)4)23-35(22-28)51(42,43)49-50(7,41)48-36-24-38(40)47-37(36)25-46-39(30-11-9-8-10-12-30,31-13-17-33(44-5)18-14-31)32-15-19-34(45-6)20-16-32/h8-23,26-27,36-38H,24-25H2,1-7H3/t36-,37-,38-,50?/m1/s1. The summed E-state index contributed by atoms with van der Waals surface area (Å²) in [6, 6.07) is 29.2. The molecule has 1 fully saturated rings. The Balaban J connectivity index is 1.46. The minimum atomic E-state index is -4.47. The second-order valence-corrected chi connectivity index (χ2v) is 17.1. The molecule has 12 heteroatoms. The Bertz CT molecular complexity index is 1840. The summed E-state index contributed by atoms with van der Waals surface area (Å²) in [6.07, 6.45) is -1.59. The minimum Gasteiger partial charge on any atom is -0.497 e. The summed E-state index contributed by atoms with van der Waals surface area (Å²) in [4.78, 5) is -0.0750. The quantitative estimate of drug-likeness (QED) is 0.0680. The van der Waals surface area contributed by atoms with Crippen molar-refractivity contribution in [1.29, 1.82) is 0 Å². The van der Waals surface area contributed by atoms with Crippen molar-refractivity contribution in [3.8, 4) is 11.5 Å². The van der Waals surface area contributed by atoms with Gasteiger partial charge in [0, 0.05) is 12.7 Å². The van der Waals surface area contributed by atoms with E-state index >= 15 is 0 Å². The van der Waals surface area contributed by atoms with E-state index in [1.165, 1.54) is 0 Å². The first kappa shape index (κ1) is 38.8. The molecular formula is C39H46BO9PS. The van der Waals surface area contributed by atoms with Gasteiger partial charge >= 0.3 is 17.7 Å². The normalized spacial score (nSPS) is 19.3. The Morgan fingerprint density at radius 2 is 1.29 bits per heavy atom. The van der Waals surface area contributed by atoms with Crippen LogP contribution in [-0.2, 0) is 38.3 Å². The van der Waals surface area contributed by atoms with E-state index in [1.54, 1.807) is 26.4 Å². The second kappa shape index (κ2) is 16.1. The molecular weight excluding hydrogens is 686 g/mol. The molecule has 4 atom stereocenters. The molecule has 1 saturated heterocycles. The van der Waals surface area contributed by atoms with Crippen LogP contribution in [0.4, 0.5) is 0 Å². The fourth-order valence-electron chi connectivity index (χ4n) is 6.23. The number of hydrogen-bond donors (Lipinski definition) is 0. The fraction of sp³-hybridized carbons (Fsp3) is 0.385. The summed E-state index contributed by atoms with van der Waals surface area (Å²) in [7, 11) is 0.750. The third-order valence-corrected chi connectivity index (χ3v) is 12.3. The third kappa shape index (κ3) is 8.97. The van der Waals surface area contributed by atoms with Crippen molar-refractivity contribution in [3.63, 3.8) is 0 Å². The van der Waals surface area contributed by atoms with Crippen LogP contribution >= 0.6 is 7.60 Å². The SMILES string of the molecule is [B][C@H]1C[C@@H](OP(C)(=O)OS(=O)(=O)c2cc(C(C)C)cc(C(C)C)c2)[C@@H](COC(c2ccccc2)(c2ccc(OC)cc2)c2ccc(OC)cc2)O1. The maximum atomic E-state index is 13.9. The number of ether oxygens (including phenoxy) is 4. The van der Waals surface area contributed by atoms with Gasteiger partial charge in [-0.15, -0.1) is 0 Å². The molecule has 270 valence electrons. The van der Waals surface area contributed by atoms with Gasteiger partial charge in [-0.05, 0) is 82.5 Å². The largest absolute Gasteiger partial charge is 0.497 e. The van der Waals surface area contributed by atoms with E-state index in [0.717, 1.165) is 34.5 Å². The number of benzene rings is 4. The maximum Gasteiger partial charge on any atom is 0.342 e. The Morgan fingerprint density at radius 3 is 1.76 bits per heavy atom. The van der Waals surface area contributed by atoms with E-state index in [-0.39, 0.29) is 29.8 Å². The van der Waals surface area contributed by atoms with Crippen molar-refractivity contribution in [2.24, 2.45) is 0 Å². The van der Waals surface area contributed by atoms with Crippen LogP contribution in [0.15, 0.2) is 102 Å². The maximum absolute atomic E-state index is 13.9. The summed E-state index contributed by atoms with van der Waals surface area (Å²) in [5.41, 5.74) is 2.95. The van der Waals surface area contributed by atoms with E-state index in [4.69, 9.17) is 35.3 Å². The molecule has 4 aromatic carbocycles. The lowest BCUT2D eigenvalue weighted by Gasteiger charge is -2.37. The molecule has 1 aliphatic heterocycles.